The highest BCUT2D eigenvalue weighted by molar-refractivity contribution is 7.80. The molecule has 0 spiro atoms. The highest BCUT2D eigenvalue weighted by Crippen LogP contribution is 2.36. The Morgan fingerprint density at radius 1 is 1.00 bits per heavy atom. The first-order valence-corrected chi connectivity index (χ1v) is 13.1. The maximum atomic E-state index is 12.6. The summed E-state index contributed by atoms with van der Waals surface area (Å²) in [7, 11) is 0. The zero-order chi connectivity index (χ0) is 25.6. The van der Waals surface area contributed by atoms with E-state index >= 15 is 0 Å². The van der Waals surface area contributed by atoms with Crippen molar-refractivity contribution in [3.8, 4) is 11.5 Å². The highest BCUT2D eigenvalue weighted by atomic mass is 32.1. The number of fused-ring (bicyclic) bond motifs is 2. The molecule has 1 aliphatic heterocycles. The molecule has 5 nitrogen and oxygen atoms in total. The number of benzene rings is 4. The molecule has 6 heteroatoms. The zero-order valence-electron chi connectivity index (χ0n) is 20.8. The number of ether oxygens (including phenoxy) is 2. The highest BCUT2D eigenvalue weighted by Gasteiger charge is 2.28. The minimum Gasteiger partial charge on any atom is -0.455 e. The van der Waals surface area contributed by atoms with Gasteiger partial charge in [0.05, 0.1) is 10.9 Å². The maximum absolute atomic E-state index is 12.6. The second-order valence-corrected chi connectivity index (χ2v) is 9.59. The van der Waals surface area contributed by atoms with Gasteiger partial charge in [0, 0.05) is 29.6 Å². The molecule has 0 radical (unpaired) electrons. The van der Waals surface area contributed by atoms with E-state index in [2.05, 4.69) is 35.8 Å². The van der Waals surface area contributed by atoms with Crippen LogP contribution in [0.2, 0.25) is 0 Å². The molecule has 0 fully saturated rings. The Hall–Kier alpha value is -3.90. The molecular formula is C31H30N2O3S. The van der Waals surface area contributed by atoms with Crippen LogP contribution < -0.4 is 20.1 Å². The average molecular weight is 511 g/mol. The van der Waals surface area contributed by atoms with E-state index in [4.69, 9.17) is 21.7 Å². The molecule has 2 atom stereocenters. The van der Waals surface area contributed by atoms with Crippen molar-refractivity contribution in [2.24, 2.45) is 0 Å². The Kier molecular flexibility index (Phi) is 7.66. The molecule has 2 N–H and O–H groups in total. The van der Waals surface area contributed by atoms with Crippen LogP contribution in [-0.2, 0) is 0 Å². The molecule has 188 valence electrons. The van der Waals surface area contributed by atoms with Gasteiger partial charge in [-0.25, -0.2) is 0 Å². The molecule has 1 amide bonds. The van der Waals surface area contributed by atoms with Gasteiger partial charge < -0.3 is 20.1 Å². The van der Waals surface area contributed by atoms with Crippen molar-refractivity contribution in [1.29, 1.82) is 0 Å². The van der Waals surface area contributed by atoms with Gasteiger partial charge in [0.15, 0.2) is 0 Å². The van der Waals surface area contributed by atoms with Crippen LogP contribution in [0.25, 0.3) is 10.8 Å². The van der Waals surface area contributed by atoms with Crippen LogP contribution in [0.3, 0.4) is 0 Å². The van der Waals surface area contributed by atoms with E-state index in [9.17, 15) is 4.79 Å². The normalized spacial score (nSPS) is 14.9. The van der Waals surface area contributed by atoms with Gasteiger partial charge in [-0.2, -0.15) is 0 Å². The van der Waals surface area contributed by atoms with Crippen molar-refractivity contribution in [3.63, 3.8) is 0 Å². The first-order valence-electron chi connectivity index (χ1n) is 12.7. The number of hydrogen-bond donors (Lipinski definition) is 2. The molecule has 0 aromatic heterocycles. The molecule has 0 aliphatic carbocycles. The van der Waals surface area contributed by atoms with Gasteiger partial charge in [0.2, 0.25) is 6.29 Å². The number of nitrogens with one attached hydrogen (secondary N) is 2. The Labute approximate surface area is 222 Å². The minimum absolute atomic E-state index is 0.130. The van der Waals surface area contributed by atoms with E-state index in [-0.39, 0.29) is 11.8 Å². The third-order valence-electron chi connectivity index (χ3n) is 6.55. The number of carbonyl (C=O) groups is 1. The predicted molar refractivity (Wildman–Crippen MR) is 153 cm³/mol. The summed E-state index contributed by atoms with van der Waals surface area (Å²) in [5, 5.41) is 8.49. The Bertz CT molecular complexity index is 1400. The van der Waals surface area contributed by atoms with Crippen LogP contribution in [0.1, 0.15) is 48.0 Å². The second-order valence-electron chi connectivity index (χ2n) is 9.15. The lowest BCUT2D eigenvalue weighted by Crippen LogP contribution is -2.34. The fourth-order valence-electron chi connectivity index (χ4n) is 4.58. The van der Waals surface area contributed by atoms with Gasteiger partial charge in [-0.1, -0.05) is 80.2 Å². The summed E-state index contributed by atoms with van der Waals surface area (Å²) >= 11 is 5.65. The first-order chi connectivity index (χ1) is 18.1. The first kappa shape index (κ1) is 24.8. The lowest BCUT2D eigenvalue weighted by Gasteiger charge is -2.22. The van der Waals surface area contributed by atoms with Crippen molar-refractivity contribution in [2.45, 2.75) is 38.4 Å². The third-order valence-corrected chi connectivity index (χ3v) is 6.94. The van der Waals surface area contributed by atoms with Crippen LogP contribution >= 0.6 is 12.2 Å². The summed E-state index contributed by atoms with van der Waals surface area (Å²) in [5.74, 6) is 1.19. The Morgan fingerprint density at radius 3 is 2.62 bits per heavy atom. The molecule has 4 aromatic rings. The van der Waals surface area contributed by atoms with Crippen molar-refractivity contribution < 1.29 is 14.3 Å². The predicted octanol–water partition coefficient (Wildman–Crippen LogP) is 7.08. The molecule has 5 rings (SSSR count). The minimum atomic E-state index is -0.429. The maximum Gasteiger partial charge on any atom is 0.256 e. The summed E-state index contributed by atoms with van der Waals surface area (Å²) < 4.78 is 12.8. The number of hydrogen-bond acceptors (Lipinski definition) is 5. The van der Waals surface area contributed by atoms with Crippen LogP contribution in [-0.4, -0.2) is 23.7 Å². The fourth-order valence-corrected chi connectivity index (χ4v) is 4.89. The largest absolute Gasteiger partial charge is 0.455 e. The van der Waals surface area contributed by atoms with Crippen LogP contribution in [0, 0.1) is 0 Å². The van der Waals surface area contributed by atoms with E-state index in [1.165, 1.54) is 0 Å². The summed E-state index contributed by atoms with van der Waals surface area (Å²) in [6.07, 6.45) is 2.37. The number of anilines is 1. The fraction of sp³-hybridized carbons (Fsp3) is 0.226. The van der Waals surface area contributed by atoms with E-state index in [1.54, 1.807) is 12.1 Å². The summed E-state index contributed by atoms with van der Waals surface area (Å²) in [6, 6.07) is 29.3. The van der Waals surface area contributed by atoms with Gasteiger partial charge in [-0.15, -0.1) is 0 Å². The average Bonchev–Trinajstić information content (AvgIpc) is 3.36. The lowest BCUT2D eigenvalue weighted by molar-refractivity contribution is -0.00100. The summed E-state index contributed by atoms with van der Waals surface area (Å²) in [4.78, 5) is 13.1. The monoisotopic (exact) mass is 510 g/mol. The van der Waals surface area contributed by atoms with E-state index < -0.39 is 6.29 Å². The van der Waals surface area contributed by atoms with Crippen LogP contribution in [0.15, 0.2) is 91.0 Å². The standard InChI is InChI=1S/C31H30N2O3S/c1-2-3-16-29(36-28-15-9-13-21-10-7-8-14-24(21)28)35-23-17-18-27-25(19-23)26(20-32-27)31(37)33-30(34)22-11-5-4-6-12-22/h4-15,17-19,26,29,32H,2-3,16,20H2,1H3,(H,33,34,37). The summed E-state index contributed by atoms with van der Waals surface area (Å²) in [5.41, 5.74) is 2.58. The molecule has 2 unspecified atom stereocenters. The van der Waals surface area contributed by atoms with Crippen LogP contribution in [0.5, 0.6) is 11.5 Å². The number of rotatable bonds is 9. The zero-order valence-corrected chi connectivity index (χ0v) is 21.6. The number of thiocarbonyl (C=S) groups is 1. The molecule has 0 saturated carbocycles. The number of carbonyl (C=O) groups excluding carboxylic acids is 1. The lowest BCUT2D eigenvalue weighted by atomic mass is 10.0. The Balaban J connectivity index is 1.33. The van der Waals surface area contributed by atoms with E-state index in [1.807, 2.05) is 60.7 Å². The Morgan fingerprint density at radius 2 is 1.78 bits per heavy atom. The van der Waals surface area contributed by atoms with Crippen molar-refractivity contribution >= 4 is 39.6 Å². The molecule has 4 aromatic carbocycles. The third kappa shape index (κ3) is 5.75. The van der Waals surface area contributed by atoms with Crippen molar-refractivity contribution in [2.75, 3.05) is 11.9 Å². The van der Waals surface area contributed by atoms with Gasteiger partial charge in [-0.05, 0) is 53.8 Å². The molecule has 0 bridgehead atoms. The van der Waals surface area contributed by atoms with Gasteiger partial charge >= 0.3 is 0 Å². The van der Waals surface area contributed by atoms with Crippen molar-refractivity contribution in [1.82, 2.24) is 5.32 Å². The number of amides is 1. The van der Waals surface area contributed by atoms with Gasteiger partial charge in [0.25, 0.3) is 5.91 Å². The van der Waals surface area contributed by atoms with Gasteiger partial charge in [-0.3, -0.25) is 4.79 Å². The van der Waals surface area contributed by atoms with E-state index in [0.717, 1.165) is 47.0 Å². The van der Waals surface area contributed by atoms with Crippen LogP contribution in [0.4, 0.5) is 5.69 Å². The smallest absolute Gasteiger partial charge is 0.256 e. The molecule has 37 heavy (non-hydrogen) atoms. The topological polar surface area (TPSA) is 59.6 Å². The van der Waals surface area contributed by atoms with Gasteiger partial charge in [0.1, 0.15) is 11.5 Å². The summed E-state index contributed by atoms with van der Waals surface area (Å²) in [6.45, 7) is 2.78. The number of unbranched alkanes of at least 4 members (excludes halogenated alkanes) is 1. The molecule has 0 saturated heterocycles. The quantitative estimate of drug-likeness (QED) is 0.186. The van der Waals surface area contributed by atoms with Crippen molar-refractivity contribution in [3.05, 3.63) is 102 Å². The van der Waals surface area contributed by atoms with E-state index in [0.29, 0.717) is 22.8 Å². The second kappa shape index (κ2) is 11.4. The molecule has 1 heterocycles. The SMILES string of the molecule is CCCCC(Oc1ccc2c(c1)C(C(=S)NC(=O)c1ccccc1)CN2)Oc1cccc2ccccc12. The molecule has 1 aliphatic rings. The molecular weight excluding hydrogens is 480 g/mol.